The molecule has 3 aromatic rings. The lowest BCUT2D eigenvalue weighted by molar-refractivity contribution is -0.262. The van der Waals surface area contributed by atoms with Gasteiger partial charge in [0.05, 0.1) is 17.4 Å². The fourth-order valence-electron chi connectivity index (χ4n) is 3.91. The molecule has 0 fully saturated rings. The summed E-state index contributed by atoms with van der Waals surface area (Å²) in [6, 6.07) is 13.2. The highest BCUT2D eigenvalue weighted by molar-refractivity contribution is 5.81. The van der Waals surface area contributed by atoms with Crippen molar-refractivity contribution in [2.24, 2.45) is 0 Å². The Balaban J connectivity index is 1.55. The van der Waals surface area contributed by atoms with Gasteiger partial charge in [0.25, 0.3) is 0 Å². The molecule has 1 atom stereocenters. The van der Waals surface area contributed by atoms with Crippen molar-refractivity contribution in [3.8, 4) is 5.69 Å². The first kappa shape index (κ1) is 21.1. The molecule has 1 aliphatic heterocycles. The van der Waals surface area contributed by atoms with Gasteiger partial charge in [-0.2, -0.15) is 18.3 Å². The maximum absolute atomic E-state index is 14.3. The summed E-state index contributed by atoms with van der Waals surface area (Å²) in [7, 11) is 0. The van der Waals surface area contributed by atoms with E-state index in [4.69, 9.17) is 9.47 Å². The van der Waals surface area contributed by atoms with Crippen molar-refractivity contribution in [2.45, 2.75) is 24.6 Å². The highest BCUT2D eigenvalue weighted by Gasteiger charge is 2.60. The maximum Gasteiger partial charge on any atom is 0.429 e. The van der Waals surface area contributed by atoms with Crippen LogP contribution in [0.25, 0.3) is 16.6 Å². The molecule has 0 spiro atoms. The van der Waals surface area contributed by atoms with E-state index >= 15 is 0 Å². The number of para-hydroxylation sites is 1. The summed E-state index contributed by atoms with van der Waals surface area (Å²) in [5, 5.41) is 15.8. The van der Waals surface area contributed by atoms with Crippen molar-refractivity contribution in [1.82, 2.24) is 9.78 Å². The Morgan fingerprint density at radius 2 is 1.85 bits per heavy atom. The van der Waals surface area contributed by atoms with E-state index in [1.807, 2.05) is 36.4 Å². The summed E-state index contributed by atoms with van der Waals surface area (Å²) < 4.78 is 55.3. The molecule has 0 amide bonds. The van der Waals surface area contributed by atoms with E-state index in [0.717, 1.165) is 18.4 Å². The van der Waals surface area contributed by atoms with E-state index < -0.39 is 23.1 Å². The molecule has 2 heterocycles. The molecule has 8 heteroatoms. The number of rotatable bonds is 4. The Morgan fingerprint density at radius 3 is 2.58 bits per heavy atom. The van der Waals surface area contributed by atoms with Crippen LogP contribution in [0.5, 0.6) is 0 Å². The summed E-state index contributed by atoms with van der Waals surface area (Å²) in [5.41, 5.74) is -1.76. The van der Waals surface area contributed by atoms with Gasteiger partial charge in [-0.15, -0.1) is 0 Å². The van der Waals surface area contributed by atoms with Crippen molar-refractivity contribution < 1.29 is 27.8 Å². The van der Waals surface area contributed by atoms with E-state index in [9.17, 15) is 18.3 Å². The number of ether oxygens (including phenoxy) is 2. The largest absolute Gasteiger partial charge is 0.465 e. The van der Waals surface area contributed by atoms with Gasteiger partial charge in [0.15, 0.2) is 11.5 Å². The van der Waals surface area contributed by atoms with E-state index in [-0.39, 0.29) is 5.76 Å². The van der Waals surface area contributed by atoms with Crippen molar-refractivity contribution in [2.75, 3.05) is 0 Å². The van der Waals surface area contributed by atoms with Crippen molar-refractivity contribution >= 4 is 10.9 Å². The lowest BCUT2D eigenvalue weighted by Gasteiger charge is -2.34. The Bertz CT molecular complexity index is 1320. The second-order valence-electron chi connectivity index (χ2n) is 7.73. The zero-order valence-corrected chi connectivity index (χ0v) is 17.3. The fraction of sp³-hybridized carbons (Fsp3) is 0.160. The van der Waals surface area contributed by atoms with Gasteiger partial charge in [0.1, 0.15) is 12.5 Å². The minimum atomic E-state index is -5.07. The van der Waals surface area contributed by atoms with E-state index in [1.54, 1.807) is 16.8 Å². The molecule has 2 aromatic carbocycles. The molecule has 168 valence electrons. The summed E-state index contributed by atoms with van der Waals surface area (Å²) in [5.74, 6) is -0.616. The zero-order chi connectivity index (χ0) is 23.1. The first-order valence-electron chi connectivity index (χ1n) is 10.3. The Labute approximate surface area is 187 Å². The monoisotopic (exact) mass is 452 g/mol. The van der Waals surface area contributed by atoms with Crippen LogP contribution in [-0.4, -0.2) is 21.1 Å². The molecule has 1 aromatic heterocycles. The summed E-state index contributed by atoms with van der Waals surface area (Å²) >= 11 is 0. The van der Waals surface area contributed by atoms with Crippen molar-refractivity contribution in [3.63, 3.8) is 0 Å². The molecule has 33 heavy (non-hydrogen) atoms. The van der Waals surface area contributed by atoms with Crippen LogP contribution < -0.4 is 0 Å². The van der Waals surface area contributed by atoms with E-state index in [1.165, 1.54) is 30.7 Å². The minimum Gasteiger partial charge on any atom is -0.465 e. The summed E-state index contributed by atoms with van der Waals surface area (Å²) in [4.78, 5) is 0. The highest BCUT2D eigenvalue weighted by atomic mass is 19.4. The number of halogens is 3. The predicted octanol–water partition coefficient (Wildman–Crippen LogP) is 5.78. The average molecular weight is 452 g/mol. The molecule has 0 radical (unpaired) electrons. The normalized spacial score (nSPS) is 18.0. The summed E-state index contributed by atoms with van der Waals surface area (Å²) in [6.07, 6.45) is 5.22. The molecular weight excluding hydrogens is 433 g/mol. The molecule has 1 unspecified atom stereocenters. The van der Waals surface area contributed by atoms with Gasteiger partial charge >= 0.3 is 6.18 Å². The van der Waals surface area contributed by atoms with Crippen LogP contribution in [0.1, 0.15) is 18.4 Å². The number of hydrogen-bond acceptors (Lipinski definition) is 4. The van der Waals surface area contributed by atoms with Crippen molar-refractivity contribution in [3.05, 3.63) is 108 Å². The van der Waals surface area contributed by atoms with Crippen LogP contribution in [-0.2, 0) is 15.1 Å². The first-order valence-corrected chi connectivity index (χ1v) is 10.3. The Morgan fingerprint density at radius 1 is 1.03 bits per heavy atom. The van der Waals surface area contributed by atoms with Gasteiger partial charge in [-0.25, -0.2) is 4.68 Å². The molecule has 5 rings (SSSR count). The third-order valence-electron chi connectivity index (χ3n) is 5.65. The average Bonchev–Trinajstić information content (AvgIpc) is 3.27. The molecule has 1 aliphatic carbocycles. The molecule has 5 nitrogen and oxygen atoms in total. The molecule has 0 saturated carbocycles. The number of aromatic nitrogens is 2. The standard InChI is InChI=1S/C25H19F3N2O3/c26-25(27,28)24(31,23-16-32-15-22(33-23)17-7-3-1-4-8-17)19-11-12-21-18(13-19)14-29-30(21)20-9-5-2-6-10-20/h1-3,5-7,9-16,31H,4,8H2. The number of aliphatic hydroxyl groups is 1. The van der Waals surface area contributed by atoms with Crippen LogP contribution in [0.15, 0.2) is 103 Å². The van der Waals surface area contributed by atoms with Gasteiger partial charge in [0, 0.05) is 10.9 Å². The SMILES string of the molecule is OC(C1=COC=C(C2=CC=CCC2)O1)(c1ccc2c(cnn2-c2ccccc2)c1)C(F)(F)F. The number of allylic oxidation sites excluding steroid dienone is 4. The van der Waals surface area contributed by atoms with Crippen LogP contribution >= 0.6 is 0 Å². The Kier molecular flexibility index (Phi) is 5.09. The zero-order valence-electron chi connectivity index (χ0n) is 17.3. The molecule has 0 bridgehead atoms. The predicted molar refractivity (Wildman–Crippen MR) is 116 cm³/mol. The quantitative estimate of drug-likeness (QED) is 0.545. The van der Waals surface area contributed by atoms with Gasteiger partial charge in [0.2, 0.25) is 5.60 Å². The van der Waals surface area contributed by atoms with Gasteiger partial charge < -0.3 is 14.6 Å². The maximum atomic E-state index is 14.3. The number of hydrogen-bond donors (Lipinski definition) is 1. The second kappa shape index (κ2) is 7.97. The molecular formula is C25H19F3N2O3. The third kappa shape index (κ3) is 3.62. The number of nitrogens with zero attached hydrogens (tertiary/aromatic N) is 2. The highest BCUT2D eigenvalue weighted by Crippen LogP contribution is 2.47. The van der Waals surface area contributed by atoms with Crippen LogP contribution in [0.3, 0.4) is 0 Å². The van der Waals surface area contributed by atoms with Crippen molar-refractivity contribution in [1.29, 1.82) is 0 Å². The van der Waals surface area contributed by atoms with Crippen LogP contribution in [0.2, 0.25) is 0 Å². The topological polar surface area (TPSA) is 56.5 Å². The minimum absolute atomic E-state index is 0.137. The van der Waals surface area contributed by atoms with Crippen LogP contribution in [0.4, 0.5) is 13.2 Å². The number of benzene rings is 2. The van der Waals surface area contributed by atoms with Crippen LogP contribution in [0, 0.1) is 0 Å². The Hall–Kier alpha value is -3.78. The fourth-order valence-corrected chi connectivity index (χ4v) is 3.91. The van der Waals surface area contributed by atoms with Gasteiger partial charge in [-0.1, -0.05) is 42.5 Å². The van der Waals surface area contributed by atoms with Gasteiger partial charge in [-0.05, 0) is 42.7 Å². The first-order chi connectivity index (χ1) is 15.9. The smallest absolute Gasteiger partial charge is 0.429 e. The third-order valence-corrected chi connectivity index (χ3v) is 5.65. The van der Waals surface area contributed by atoms with E-state index in [2.05, 4.69) is 5.10 Å². The molecule has 1 N–H and O–H groups in total. The second-order valence-corrected chi connectivity index (χ2v) is 7.73. The summed E-state index contributed by atoms with van der Waals surface area (Å²) in [6.45, 7) is 0. The van der Waals surface area contributed by atoms with Gasteiger partial charge in [-0.3, -0.25) is 0 Å². The number of alkyl halides is 3. The molecule has 0 saturated heterocycles. The molecule has 2 aliphatic rings. The lowest BCUT2D eigenvalue weighted by Crippen LogP contribution is -2.45. The van der Waals surface area contributed by atoms with E-state index in [0.29, 0.717) is 22.9 Å². The lowest BCUT2D eigenvalue weighted by atomic mass is 9.90. The number of fused-ring (bicyclic) bond motifs is 1.